The number of carbonyl (C=O) groups excluding carboxylic acids is 1. The van der Waals surface area contributed by atoms with E-state index in [4.69, 9.17) is 0 Å². The number of nitrogens with one attached hydrogen (secondary N) is 1. The van der Waals surface area contributed by atoms with Gasteiger partial charge in [-0.05, 0) is 19.4 Å². The third kappa shape index (κ3) is 3.41. The van der Waals surface area contributed by atoms with E-state index in [2.05, 4.69) is 4.98 Å². The lowest BCUT2D eigenvalue weighted by atomic mass is 10.2. The van der Waals surface area contributed by atoms with Gasteiger partial charge in [0.25, 0.3) is 0 Å². The fourth-order valence-corrected chi connectivity index (χ4v) is 3.40. The van der Waals surface area contributed by atoms with E-state index in [1.165, 1.54) is 11.3 Å². The molecule has 120 valence electrons. The first-order valence-corrected chi connectivity index (χ1v) is 7.80. The zero-order chi connectivity index (χ0) is 15.7. The Kier molecular flexibility index (Phi) is 4.09. The molecule has 2 aromatic heterocycles. The van der Waals surface area contributed by atoms with Crippen molar-refractivity contribution in [2.75, 3.05) is 13.1 Å². The molecule has 3 heterocycles. The van der Waals surface area contributed by atoms with Gasteiger partial charge >= 0.3 is 6.18 Å². The lowest BCUT2D eigenvalue weighted by Crippen LogP contribution is -2.45. The summed E-state index contributed by atoms with van der Waals surface area (Å²) < 4.78 is 38.5. The van der Waals surface area contributed by atoms with E-state index in [-0.39, 0.29) is 0 Å². The van der Waals surface area contributed by atoms with Gasteiger partial charge in [-0.25, -0.2) is 4.98 Å². The molecule has 5 nitrogen and oxygen atoms in total. The molecule has 0 spiro atoms. The number of aromatic nitrogens is 2. The molecule has 1 fully saturated rings. The highest BCUT2D eigenvalue weighted by Gasteiger charge is 2.34. The molecule has 0 saturated carbocycles. The zero-order valence-electron chi connectivity index (χ0n) is 11.6. The van der Waals surface area contributed by atoms with E-state index in [1.807, 2.05) is 32.4 Å². The molecule has 1 amide bonds. The van der Waals surface area contributed by atoms with Gasteiger partial charge in [0.1, 0.15) is 6.54 Å². The minimum absolute atomic E-state index is 0.471. The van der Waals surface area contributed by atoms with Gasteiger partial charge < -0.3 is 5.32 Å². The van der Waals surface area contributed by atoms with Gasteiger partial charge in [-0.15, -0.1) is 11.3 Å². The van der Waals surface area contributed by atoms with Crippen molar-refractivity contribution in [3.05, 3.63) is 23.5 Å². The molecule has 0 aliphatic carbocycles. The lowest BCUT2D eigenvalue weighted by molar-refractivity contribution is -0.141. The summed E-state index contributed by atoms with van der Waals surface area (Å²) in [5, 5.41) is 3.90. The molecule has 1 aliphatic rings. The molecule has 1 aliphatic heterocycles. The van der Waals surface area contributed by atoms with E-state index in [0.717, 1.165) is 17.1 Å². The van der Waals surface area contributed by atoms with E-state index in [0.29, 0.717) is 19.5 Å². The maximum absolute atomic E-state index is 12.2. The average Bonchev–Trinajstić information content (AvgIpc) is 3.10. The summed E-state index contributed by atoms with van der Waals surface area (Å²) in [6, 6.07) is -0.512. The molecule has 1 saturated heterocycles. The largest absolute Gasteiger partial charge is 0.405 e. The summed E-state index contributed by atoms with van der Waals surface area (Å²) >= 11 is 1.51. The Labute approximate surface area is 128 Å². The second-order valence-corrected chi connectivity index (χ2v) is 6.16. The normalized spacial score (nSPS) is 19.9. The van der Waals surface area contributed by atoms with Gasteiger partial charge in [0.05, 0.1) is 11.7 Å². The van der Waals surface area contributed by atoms with Crippen LogP contribution in [0.15, 0.2) is 17.8 Å². The van der Waals surface area contributed by atoms with Crippen molar-refractivity contribution in [1.82, 2.24) is 19.6 Å². The summed E-state index contributed by atoms with van der Waals surface area (Å²) in [7, 11) is 0. The Morgan fingerprint density at radius 3 is 3.05 bits per heavy atom. The Morgan fingerprint density at radius 2 is 2.32 bits per heavy atom. The highest BCUT2D eigenvalue weighted by atomic mass is 32.1. The fourth-order valence-electron chi connectivity index (χ4n) is 2.68. The second kappa shape index (κ2) is 5.88. The van der Waals surface area contributed by atoms with Gasteiger partial charge in [0.2, 0.25) is 5.91 Å². The van der Waals surface area contributed by atoms with Gasteiger partial charge in [-0.2, -0.15) is 13.2 Å². The Morgan fingerprint density at radius 1 is 1.50 bits per heavy atom. The number of imidazole rings is 1. The van der Waals surface area contributed by atoms with Gasteiger partial charge in [0, 0.05) is 24.3 Å². The molecule has 3 rings (SSSR count). The summed E-state index contributed by atoms with van der Waals surface area (Å²) in [4.78, 5) is 19.1. The predicted molar refractivity (Wildman–Crippen MR) is 75.6 cm³/mol. The van der Waals surface area contributed by atoms with Crippen LogP contribution in [0.5, 0.6) is 0 Å². The van der Waals surface area contributed by atoms with Crippen molar-refractivity contribution in [2.24, 2.45) is 0 Å². The van der Waals surface area contributed by atoms with E-state index >= 15 is 0 Å². The highest BCUT2D eigenvalue weighted by molar-refractivity contribution is 7.15. The van der Waals surface area contributed by atoms with E-state index in [1.54, 1.807) is 0 Å². The van der Waals surface area contributed by atoms with Crippen LogP contribution in [0, 0.1) is 0 Å². The number of fused-ring (bicyclic) bond motifs is 1. The quantitative estimate of drug-likeness (QED) is 0.932. The molecule has 22 heavy (non-hydrogen) atoms. The highest BCUT2D eigenvalue weighted by Crippen LogP contribution is 2.21. The van der Waals surface area contributed by atoms with Crippen molar-refractivity contribution in [3.8, 4) is 0 Å². The number of hydrogen-bond acceptors (Lipinski definition) is 4. The Bertz CT molecular complexity index is 637. The SMILES string of the molecule is O=C(NCC(F)(F)F)[C@@H]1CCCN1Cc1cn2ccsc2n1. The summed E-state index contributed by atoms with van der Waals surface area (Å²) in [5.41, 5.74) is 0.822. The molecule has 9 heteroatoms. The summed E-state index contributed by atoms with van der Waals surface area (Å²) in [5.74, 6) is -0.559. The molecule has 0 radical (unpaired) electrons. The third-order valence-corrected chi connectivity index (χ3v) is 4.41. The average molecular weight is 332 g/mol. The van der Waals surface area contributed by atoms with Gasteiger partial charge in [-0.1, -0.05) is 0 Å². The maximum atomic E-state index is 12.2. The first-order valence-electron chi connectivity index (χ1n) is 6.92. The molecular formula is C13H15F3N4OS. The van der Waals surface area contributed by atoms with Crippen LogP contribution in [0.3, 0.4) is 0 Å². The van der Waals surface area contributed by atoms with Crippen molar-refractivity contribution in [3.63, 3.8) is 0 Å². The van der Waals surface area contributed by atoms with Crippen LogP contribution >= 0.6 is 11.3 Å². The lowest BCUT2D eigenvalue weighted by Gasteiger charge is -2.23. The van der Waals surface area contributed by atoms with Crippen LogP contribution in [0.1, 0.15) is 18.5 Å². The zero-order valence-corrected chi connectivity index (χ0v) is 12.5. The molecule has 2 aromatic rings. The van der Waals surface area contributed by atoms with Gasteiger partial charge in [-0.3, -0.25) is 14.1 Å². The predicted octanol–water partition coefficient (Wildman–Crippen LogP) is 2.04. The number of nitrogens with zero attached hydrogens (tertiary/aromatic N) is 3. The molecule has 0 bridgehead atoms. The van der Waals surface area contributed by atoms with Crippen LogP contribution in [-0.2, 0) is 11.3 Å². The van der Waals surface area contributed by atoms with Crippen LogP contribution in [0.2, 0.25) is 0 Å². The maximum Gasteiger partial charge on any atom is 0.405 e. The summed E-state index contributed by atoms with van der Waals surface area (Å²) in [6.45, 7) is -0.121. The monoisotopic (exact) mass is 332 g/mol. The van der Waals surface area contributed by atoms with Crippen molar-refractivity contribution < 1.29 is 18.0 Å². The topological polar surface area (TPSA) is 49.6 Å². The number of hydrogen-bond donors (Lipinski definition) is 1. The molecular weight excluding hydrogens is 317 g/mol. The molecule has 0 unspecified atom stereocenters. The van der Waals surface area contributed by atoms with E-state index < -0.39 is 24.7 Å². The Hall–Kier alpha value is -1.61. The number of carbonyl (C=O) groups is 1. The first-order chi connectivity index (χ1) is 10.4. The number of likely N-dealkylation sites (tertiary alicyclic amines) is 1. The number of thiazole rings is 1. The number of halogens is 3. The van der Waals surface area contributed by atoms with E-state index in [9.17, 15) is 18.0 Å². The molecule has 1 N–H and O–H groups in total. The fraction of sp³-hybridized carbons (Fsp3) is 0.538. The van der Waals surface area contributed by atoms with Crippen LogP contribution < -0.4 is 5.32 Å². The third-order valence-electron chi connectivity index (χ3n) is 3.64. The number of rotatable bonds is 4. The van der Waals surface area contributed by atoms with Crippen molar-refractivity contribution in [2.45, 2.75) is 31.6 Å². The van der Waals surface area contributed by atoms with Gasteiger partial charge in [0.15, 0.2) is 4.96 Å². The van der Waals surface area contributed by atoms with Crippen LogP contribution in [0.25, 0.3) is 4.96 Å². The smallest absolute Gasteiger partial charge is 0.346 e. The Balaban J connectivity index is 1.62. The first kappa shape index (κ1) is 15.3. The van der Waals surface area contributed by atoms with Crippen molar-refractivity contribution >= 4 is 22.2 Å². The minimum Gasteiger partial charge on any atom is -0.346 e. The molecule has 0 aromatic carbocycles. The summed E-state index contributed by atoms with van der Waals surface area (Å²) in [6.07, 6.45) is 0.772. The molecule has 1 atom stereocenters. The standard InChI is InChI=1S/C13H15F3N4OS/c14-13(15,16)8-17-11(21)10-2-1-3-19(10)6-9-7-20-4-5-22-12(20)18-9/h4-5,7,10H,1-3,6,8H2,(H,17,21)/t10-/m0/s1. The van der Waals surface area contributed by atoms with Crippen LogP contribution in [-0.4, -0.2) is 45.5 Å². The minimum atomic E-state index is -4.38. The van der Waals surface area contributed by atoms with Crippen LogP contribution in [0.4, 0.5) is 13.2 Å². The number of alkyl halides is 3. The second-order valence-electron chi connectivity index (χ2n) is 5.29. The number of amides is 1. The van der Waals surface area contributed by atoms with Crippen molar-refractivity contribution in [1.29, 1.82) is 0 Å².